The summed E-state index contributed by atoms with van der Waals surface area (Å²) in [6.45, 7) is 2.45. The van der Waals surface area contributed by atoms with E-state index in [1.54, 1.807) is 44.4 Å². The third-order valence-electron chi connectivity index (χ3n) is 6.26. The summed E-state index contributed by atoms with van der Waals surface area (Å²) in [4.78, 5) is 21.4. The molecule has 1 aliphatic rings. The van der Waals surface area contributed by atoms with Crippen molar-refractivity contribution in [3.8, 4) is 22.8 Å². The molecule has 0 unspecified atom stereocenters. The molecule has 3 aromatic heterocycles. The van der Waals surface area contributed by atoms with Gasteiger partial charge in [-0.2, -0.15) is 5.10 Å². The molecule has 1 aliphatic heterocycles. The number of nitrogens with zero attached hydrogens (tertiary/aromatic N) is 7. The van der Waals surface area contributed by atoms with Gasteiger partial charge in [-0.05, 0) is 48.5 Å². The highest BCUT2D eigenvalue weighted by Gasteiger charge is 2.26. The number of carbonyl (C=O) groups excluding carboxylic acids is 1. The smallest absolute Gasteiger partial charge is 0.272 e. The Morgan fingerprint density at radius 3 is 2.49 bits per heavy atom. The van der Waals surface area contributed by atoms with Crippen LogP contribution < -0.4 is 19.7 Å². The highest BCUT2D eigenvalue weighted by atomic mass is 16.5. The number of aromatic nitrogens is 5. The second kappa shape index (κ2) is 10.5. The van der Waals surface area contributed by atoms with Crippen LogP contribution in [0.3, 0.4) is 0 Å². The minimum absolute atomic E-state index is 0.0649. The monoisotopic (exact) mass is 500 g/mol. The van der Waals surface area contributed by atoms with Crippen molar-refractivity contribution in [1.82, 2.24) is 29.9 Å². The lowest BCUT2D eigenvalue weighted by Gasteiger charge is -2.35. The molecule has 4 aromatic rings. The van der Waals surface area contributed by atoms with E-state index < -0.39 is 0 Å². The molecule has 1 N–H and O–H groups in total. The number of ether oxygens (including phenoxy) is 2. The van der Waals surface area contributed by atoms with Gasteiger partial charge in [-0.25, -0.2) is 0 Å². The average molecular weight is 501 g/mol. The van der Waals surface area contributed by atoms with Crippen LogP contribution in [0.2, 0.25) is 0 Å². The maximum absolute atomic E-state index is 13.4. The molecule has 1 aromatic carbocycles. The average Bonchev–Trinajstić information content (AvgIpc) is 3.34. The molecule has 11 heteroatoms. The Balaban J connectivity index is 1.24. The molecule has 5 rings (SSSR count). The molecule has 190 valence electrons. The first-order valence-electron chi connectivity index (χ1n) is 11.9. The van der Waals surface area contributed by atoms with Crippen molar-refractivity contribution < 1.29 is 14.3 Å². The normalized spacial score (nSPS) is 13.4. The summed E-state index contributed by atoms with van der Waals surface area (Å²) in [5.74, 6) is 2.70. The van der Waals surface area contributed by atoms with Crippen molar-refractivity contribution in [2.24, 2.45) is 7.05 Å². The number of rotatable bonds is 7. The fourth-order valence-electron chi connectivity index (χ4n) is 4.26. The van der Waals surface area contributed by atoms with Gasteiger partial charge < -0.3 is 24.6 Å². The van der Waals surface area contributed by atoms with Crippen LogP contribution in [0.4, 0.5) is 17.3 Å². The maximum atomic E-state index is 13.4. The molecule has 1 amide bonds. The Hall–Kier alpha value is -4.67. The van der Waals surface area contributed by atoms with Crippen molar-refractivity contribution in [3.05, 3.63) is 66.6 Å². The van der Waals surface area contributed by atoms with Crippen LogP contribution in [-0.4, -0.2) is 76.2 Å². The van der Waals surface area contributed by atoms with E-state index in [1.807, 2.05) is 47.4 Å². The summed E-state index contributed by atoms with van der Waals surface area (Å²) in [5.41, 5.74) is 2.77. The summed E-state index contributed by atoms with van der Waals surface area (Å²) < 4.78 is 12.5. The van der Waals surface area contributed by atoms with Gasteiger partial charge in [0.05, 0.1) is 31.8 Å². The summed E-state index contributed by atoms with van der Waals surface area (Å²) >= 11 is 0. The Kier molecular flexibility index (Phi) is 6.84. The van der Waals surface area contributed by atoms with E-state index in [1.165, 1.54) is 0 Å². The van der Waals surface area contributed by atoms with Crippen molar-refractivity contribution in [2.75, 3.05) is 50.6 Å². The number of carbonyl (C=O) groups is 1. The van der Waals surface area contributed by atoms with E-state index in [-0.39, 0.29) is 5.91 Å². The number of amides is 1. The van der Waals surface area contributed by atoms with Crippen molar-refractivity contribution in [3.63, 3.8) is 0 Å². The molecular formula is C26H28N8O3. The minimum atomic E-state index is -0.0649. The Bertz CT molecular complexity index is 1370. The second-order valence-corrected chi connectivity index (χ2v) is 8.53. The van der Waals surface area contributed by atoms with E-state index in [0.717, 1.165) is 17.1 Å². The lowest BCUT2D eigenvalue weighted by Crippen LogP contribution is -2.49. The van der Waals surface area contributed by atoms with Crippen LogP contribution in [0.15, 0.2) is 60.9 Å². The Labute approximate surface area is 214 Å². The molecule has 11 nitrogen and oxygen atoms in total. The number of hydrogen-bond donors (Lipinski definition) is 1. The van der Waals surface area contributed by atoms with Gasteiger partial charge in [0.1, 0.15) is 17.2 Å². The summed E-state index contributed by atoms with van der Waals surface area (Å²) in [6, 6.07) is 14.9. The zero-order valence-electron chi connectivity index (χ0n) is 21.0. The third kappa shape index (κ3) is 5.15. The Morgan fingerprint density at radius 1 is 0.973 bits per heavy atom. The zero-order chi connectivity index (χ0) is 25.8. The van der Waals surface area contributed by atoms with Gasteiger partial charge in [0.25, 0.3) is 5.91 Å². The molecular weight excluding hydrogens is 472 g/mol. The minimum Gasteiger partial charge on any atom is -0.497 e. The summed E-state index contributed by atoms with van der Waals surface area (Å²) in [5, 5.41) is 16.4. The predicted molar refractivity (Wildman–Crippen MR) is 139 cm³/mol. The first-order valence-corrected chi connectivity index (χ1v) is 11.9. The largest absolute Gasteiger partial charge is 0.497 e. The van der Waals surface area contributed by atoms with E-state index in [9.17, 15) is 4.79 Å². The zero-order valence-corrected chi connectivity index (χ0v) is 21.0. The molecule has 0 radical (unpaired) electrons. The molecule has 0 aliphatic carbocycles. The first kappa shape index (κ1) is 24.0. The quantitative estimate of drug-likeness (QED) is 0.409. The van der Waals surface area contributed by atoms with Crippen molar-refractivity contribution in [2.45, 2.75) is 0 Å². The van der Waals surface area contributed by atoms with Crippen molar-refractivity contribution >= 4 is 23.2 Å². The van der Waals surface area contributed by atoms with Gasteiger partial charge in [-0.15, -0.1) is 10.2 Å². The van der Waals surface area contributed by atoms with Gasteiger partial charge in [-0.3, -0.25) is 14.5 Å². The molecule has 0 spiro atoms. The van der Waals surface area contributed by atoms with Gasteiger partial charge in [0.15, 0.2) is 11.6 Å². The number of hydrogen-bond acceptors (Lipinski definition) is 9. The highest BCUT2D eigenvalue weighted by Crippen LogP contribution is 2.33. The number of aryl methyl sites for hydroxylation is 1. The van der Waals surface area contributed by atoms with Gasteiger partial charge in [0.2, 0.25) is 0 Å². The van der Waals surface area contributed by atoms with E-state index >= 15 is 0 Å². The third-order valence-corrected chi connectivity index (χ3v) is 6.26. The predicted octanol–water partition coefficient (Wildman–Crippen LogP) is 3.00. The number of methoxy groups -OCH3 is 2. The fourth-order valence-corrected chi connectivity index (χ4v) is 4.26. The molecule has 37 heavy (non-hydrogen) atoms. The topological polar surface area (TPSA) is 111 Å². The number of pyridine rings is 1. The van der Waals surface area contributed by atoms with Crippen LogP contribution in [0.5, 0.6) is 11.5 Å². The Morgan fingerprint density at radius 2 is 1.81 bits per heavy atom. The van der Waals surface area contributed by atoms with Crippen LogP contribution >= 0.6 is 0 Å². The van der Waals surface area contributed by atoms with Crippen molar-refractivity contribution in [1.29, 1.82) is 0 Å². The molecule has 1 fully saturated rings. The van der Waals surface area contributed by atoms with Gasteiger partial charge in [0, 0.05) is 45.0 Å². The van der Waals surface area contributed by atoms with Gasteiger partial charge >= 0.3 is 0 Å². The number of anilines is 3. The van der Waals surface area contributed by atoms with E-state index in [2.05, 4.69) is 30.5 Å². The summed E-state index contributed by atoms with van der Waals surface area (Å²) in [6.07, 6.45) is 3.44. The van der Waals surface area contributed by atoms with Crippen LogP contribution in [-0.2, 0) is 7.05 Å². The lowest BCUT2D eigenvalue weighted by atomic mass is 10.1. The molecule has 0 saturated carbocycles. The number of benzene rings is 1. The molecule has 1 saturated heterocycles. The van der Waals surface area contributed by atoms with E-state index in [4.69, 9.17) is 9.47 Å². The lowest BCUT2D eigenvalue weighted by molar-refractivity contribution is 0.0735. The second-order valence-electron chi connectivity index (χ2n) is 8.53. The number of nitrogens with one attached hydrogen (secondary N) is 1. The molecule has 0 atom stereocenters. The summed E-state index contributed by atoms with van der Waals surface area (Å²) in [7, 11) is 4.99. The molecule has 4 heterocycles. The first-order chi connectivity index (χ1) is 18.1. The molecule has 0 bridgehead atoms. The van der Waals surface area contributed by atoms with Gasteiger partial charge in [-0.1, -0.05) is 0 Å². The standard InChI is InChI=1S/C26H28N8O3/c1-32-22(16-21(31-32)20-15-19(36-2)6-7-23(20)37-3)26(35)34-13-11-33(12-14-34)25-9-8-24(29-30-25)28-18-5-4-10-27-17-18/h4-10,15-17H,11-14H2,1-3H3,(H,28,29). The number of piperazine rings is 1. The highest BCUT2D eigenvalue weighted by molar-refractivity contribution is 5.94. The van der Waals surface area contributed by atoms with E-state index in [0.29, 0.717) is 54.9 Å². The SMILES string of the molecule is COc1ccc(OC)c(-c2cc(C(=O)N3CCN(c4ccc(Nc5cccnc5)nn4)CC3)n(C)n2)c1. The van der Waals surface area contributed by atoms with Crippen LogP contribution in [0, 0.1) is 0 Å². The van der Waals surface area contributed by atoms with Crippen LogP contribution in [0.1, 0.15) is 10.5 Å². The maximum Gasteiger partial charge on any atom is 0.272 e. The fraction of sp³-hybridized carbons (Fsp3) is 0.269. The van der Waals surface area contributed by atoms with Crippen LogP contribution in [0.25, 0.3) is 11.3 Å².